The molecule has 154 valence electrons. The van der Waals surface area contributed by atoms with Crippen molar-refractivity contribution < 1.29 is 23.1 Å². The van der Waals surface area contributed by atoms with Crippen molar-refractivity contribution in [3.05, 3.63) is 59.9 Å². The van der Waals surface area contributed by atoms with Gasteiger partial charge in [0.2, 0.25) is 11.8 Å². The average Bonchev–Trinajstić information content (AvgIpc) is 2.75. The van der Waals surface area contributed by atoms with Crippen molar-refractivity contribution >= 4 is 22.7 Å². The van der Waals surface area contributed by atoms with Gasteiger partial charge in [-0.25, -0.2) is 18.7 Å². The third kappa shape index (κ3) is 4.05. The molecule has 7 nitrogen and oxygen atoms in total. The molecule has 1 aromatic carbocycles. The van der Waals surface area contributed by atoms with Gasteiger partial charge < -0.3 is 14.5 Å². The van der Waals surface area contributed by atoms with E-state index in [0.717, 1.165) is 11.6 Å². The number of hydrogen-bond donors (Lipinski definition) is 0. The highest BCUT2D eigenvalue weighted by Crippen LogP contribution is 2.26. The van der Waals surface area contributed by atoms with Crippen LogP contribution in [0.1, 0.15) is 22.5 Å². The van der Waals surface area contributed by atoms with Crippen LogP contribution in [-0.2, 0) is 4.79 Å². The summed E-state index contributed by atoms with van der Waals surface area (Å²) in [5.74, 6) is 0.262. The molecule has 0 N–H and O–H groups in total. The van der Waals surface area contributed by atoms with E-state index in [2.05, 4.69) is 9.97 Å². The molecule has 0 spiro atoms. The molecule has 1 aliphatic heterocycles. The van der Waals surface area contributed by atoms with Gasteiger partial charge in [-0.2, -0.15) is 0 Å². The SMILES string of the molecule is CN1CCN(C(=O)c2ccc3cc(Oc4ccc(C(F)F)cn4)ccc3n2)CC1=O. The van der Waals surface area contributed by atoms with E-state index in [0.29, 0.717) is 24.4 Å². The van der Waals surface area contributed by atoms with E-state index in [4.69, 9.17) is 4.74 Å². The predicted octanol–water partition coefficient (Wildman–Crippen LogP) is 3.27. The van der Waals surface area contributed by atoms with Gasteiger partial charge in [0.15, 0.2) is 0 Å². The number of aromatic nitrogens is 2. The first-order valence-corrected chi connectivity index (χ1v) is 9.27. The normalized spacial score (nSPS) is 14.5. The van der Waals surface area contributed by atoms with Crippen LogP contribution >= 0.6 is 0 Å². The average molecular weight is 412 g/mol. The van der Waals surface area contributed by atoms with Crippen molar-refractivity contribution in [3.63, 3.8) is 0 Å². The molecule has 1 saturated heterocycles. The Hall–Kier alpha value is -3.62. The van der Waals surface area contributed by atoms with Crippen molar-refractivity contribution in [2.45, 2.75) is 6.43 Å². The van der Waals surface area contributed by atoms with Gasteiger partial charge in [-0.1, -0.05) is 6.07 Å². The number of nitrogens with zero attached hydrogens (tertiary/aromatic N) is 4. The number of piperazine rings is 1. The molecule has 0 aliphatic carbocycles. The number of halogens is 2. The maximum absolute atomic E-state index is 12.7. The monoisotopic (exact) mass is 412 g/mol. The lowest BCUT2D eigenvalue weighted by Gasteiger charge is -2.31. The smallest absolute Gasteiger partial charge is 0.273 e. The molecule has 3 aromatic rings. The predicted molar refractivity (Wildman–Crippen MR) is 105 cm³/mol. The first-order valence-electron chi connectivity index (χ1n) is 9.27. The number of likely N-dealkylation sites (N-methyl/N-ethyl adjacent to an activating group) is 1. The molecule has 3 heterocycles. The van der Waals surface area contributed by atoms with Crippen molar-refractivity contribution in [2.24, 2.45) is 0 Å². The van der Waals surface area contributed by atoms with E-state index in [-0.39, 0.29) is 35.5 Å². The Kier molecular flexibility index (Phi) is 5.26. The second-order valence-electron chi connectivity index (χ2n) is 6.93. The van der Waals surface area contributed by atoms with Crippen molar-refractivity contribution in [1.82, 2.24) is 19.8 Å². The van der Waals surface area contributed by atoms with Gasteiger partial charge in [-0.15, -0.1) is 0 Å². The van der Waals surface area contributed by atoms with Crippen LogP contribution in [0.3, 0.4) is 0 Å². The number of rotatable bonds is 4. The zero-order valence-electron chi connectivity index (χ0n) is 16.1. The molecule has 1 aliphatic rings. The van der Waals surface area contributed by atoms with E-state index in [1.807, 2.05) is 0 Å². The minimum Gasteiger partial charge on any atom is -0.439 e. The second kappa shape index (κ2) is 8.02. The highest BCUT2D eigenvalue weighted by atomic mass is 19.3. The third-order valence-corrected chi connectivity index (χ3v) is 4.86. The van der Waals surface area contributed by atoms with Gasteiger partial charge in [-0.05, 0) is 30.3 Å². The number of alkyl halides is 2. The minimum absolute atomic E-state index is 0.0409. The third-order valence-electron chi connectivity index (χ3n) is 4.86. The fraction of sp³-hybridized carbons (Fsp3) is 0.238. The van der Waals surface area contributed by atoms with Crippen molar-refractivity contribution in [3.8, 4) is 11.6 Å². The van der Waals surface area contributed by atoms with Gasteiger partial charge in [0.1, 0.15) is 18.0 Å². The van der Waals surface area contributed by atoms with Gasteiger partial charge in [0.05, 0.1) is 5.52 Å². The molecule has 0 radical (unpaired) electrons. The molecule has 9 heteroatoms. The van der Waals surface area contributed by atoms with E-state index in [9.17, 15) is 18.4 Å². The first kappa shape index (κ1) is 19.7. The molecule has 0 saturated carbocycles. The zero-order chi connectivity index (χ0) is 21.3. The van der Waals surface area contributed by atoms with Crippen LogP contribution < -0.4 is 4.74 Å². The molecule has 2 aromatic heterocycles. The molecular formula is C21H18F2N4O3. The summed E-state index contributed by atoms with van der Waals surface area (Å²) in [6.45, 7) is 0.995. The standard InChI is InChI=1S/C21H18F2N4O3/c1-26-8-9-27(12-19(26)28)21(29)17-5-2-13-10-15(4-6-16(13)25-17)30-18-7-3-14(11-24-18)20(22)23/h2-7,10-11,20H,8-9,12H2,1H3. The second-order valence-corrected chi connectivity index (χ2v) is 6.93. The fourth-order valence-corrected chi connectivity index (χ4v) is 3.08. The molecule has 0 unspecified atom stereocenters. The summed E-state index contributed by atoms with van der Waals surface area (Å²) in [6, 6.07) is 11.1. The van der Waals surface area contributed by atoms with Crippen LogP contribution in [0.5, 0.6) is 11.6 Å². The Labute approximate surface area is 170 Å². The zero-order valence-corrected chi connectivity index (χ0v) is 16.1. The summed E-state index contributed by atoms with van der Waals surface area (Å²) >= 11 is 0. The molecule has 2 amide bonds. The van der Waals surface area contributed by atoms with E-state index < -0.39 is 6.43 Å². The Morgan fingerprint density at radius 3 is 2.67 bits per heavy atom. The van der Waals surface area contributed by atoms with Crippen molar-refractivity contribution in [1.29, 1.82) is 0 Å². The summed E-state index contributed by atoms with van der Waals surface area (Å²) in [5.41, 5.74) is 0.678. The Bertz CT molecular complexity index is 1110. The summed E-state index contributed by atoms with van der Waals surface area (Å²) in [5, 5.41) is 0.739. The van der Waals surface area contributed by atoms with Gasteiger partial charge in [0, 0.05) is 43.4 Å². The summed E-state index contributed by atoms with van der Waals surface area (Å²) in [6.07, 6.45) is -1.51. The number of hydrogen-bond acceptors (Lipinski definition) is 5. The summed E-state index contributed by atoms with van der Waals surface area (Å²) in [7, 11) is 1.71. The number of amides is 2. The number of fused-ring (bicyclic) bond motifs is 1. The number of ether oxygens (including phenoxy) is 1. The lowest BCUT2D eigenvalue weighted by Crippen LogP contribution is -2.50. The number of pyridine rings is 2. The fourth-order valence-electron chi connectivity index (χ4n) is 3.08. The molecule has 30 heavy (non-hydrogen) atoms. The van der Waals surface area contributed by atoms with Crippen LogP contribution in [0.25, 0.3) is 10.9 Å². The minimum atomic E-state index is -2.58. The first-order chi connectivity index (χ1) is 14.4. The Morgan fingerprint density at radius 1 is 1.13 bits per heavy atom. The van der Waals surface area contributed by atoms with Gasteiger partial charge >= 0.3 is 0 Å². The summed E-state index contributed by atoms with van der Waals surface area (Å²) < 4.78 is 30.8. The molecule has 0 atom stereocenters. The quantitative estimate of drug-likeness (QED) is 0.658. The van der Waals surface area contributed by atoms with Gasteiger partial charge in [-0.3, -0.25) is 9.59 Å². The summed E-state index contributed by atoms with van der Waals surface area (Å²) in [4.78, 5) is 35.9. The number of carbonyl (C=O) groups is 2. The molecule has 0 bridgehead atoms. The van der Waals surface area contributed by atoms with Crippen LogP contribution in [0.2, 0.25) is 0 Å². The Balaban J connectivity index is 1.51. The lowest BCUT2D eigenvalue weighted by molar-refractivity contribution is -0.133. The maximum Gasteiger partial charge on any atom is 0.273 e. The molecule has 1 fully saturated rings. The molecular weight excluding hydrogens is 394 g/mol. The van der Waals surface area contributed by atoms with Gasteiger partial charge in [0.25, 0.3) is 12.3 Å². The molecule has 4 rings (SSSR count). The van der Waals surface area contributed by atoms with E-state index in [1.165, 1.54) is 17.0 Å². The highest BCUT2D eigenvalue weighted by molar-refractivity contribution is 5.97. The number of carbonyl (C=O) groups excluding carboxylic acids is 2. The highest BCUT2D eigenvalue weighted by Gasteiger charge is 2.26. The lowest BCUT2D eigenvalue weighted by atomic mass is 10.1. The van der Waals surface area contributed by atoms with E-state index in [1.54, 1.807) is 42.3 Å². The van der Waals surface area contributed by atoms with Crippen LogP contribution in [0.15, 0.2) is 48.7 Å². The largest absolute Gasteiger partial charge is 0.439 e. The Morgan fingerprint density at radius 2 is 1.97 bits per heavy atom. The van der Waals surface area contributed by atoms with Crippen molar-refractivity contribution in [2.75, 3.05) is 26.7 Å². The van der Waals surface area contributed by atoms with Crippen LogP contribution in [0.4, 0.5) is 8.78 Å². The van der Waals surface area contributed by atoms with Crippen LogP contribution in [0, 0.1) is 0 Å². The number of benzene rings is 1. The maximum atomic E-state index is 12.7. The van der Waals surface area contributed by atoms with Crippen LogP contribution in [-0.4, -0.2) is 58.3 Å². The topological polar surface area (TPSA) is 75.6 Å². The van der Waals surface area contributed by atoms with E-state index >= 15 is 0 Å².